The van der Waals surface area contributed by atoms with E-state index < -0.39 is 0 Å². The summed E-state index contributed by atoms with van der Waals surface area (Å²) in [5.41, 5.74) is 2.08. The van der Waals surface area contributed by atoms with Crippen LogP contribution in [0, 0.1) is 5.92 Å². The number of hydrogen-bond donors (Lipinski definition) is 3. The van der Waals surface area contributed by atoms with Crippen molar-refractivity contribution in [3.05, 3.63) is 17.5 Å². The molecule has 0 aromatic carbocycles. The van der Waals surface area contributed by atoms with Gasteiger partial charge in [0.2, 0.25) is 0 Å². The third-order valence-electron chi connectivity index (χ3n) is 4.74. The summed E-state index contributed by atoms with van der Waals surface area (Å²) in [6.07, 6.45) is 9.47. The Morgan fingerprint density at radius 2 is 2.17 bits per heavy atom. The van der Waals surface area contributed by atoms with Crippen LogP contribution in [0.2, 0.25) is 0 Å². The average molecular weight is 322 g/mol. The summed E-state index contributed by atoms with van der Waals surface area (Å²) in [5, 5.41) is 19.7. The van der Waals surface area contributed by atoms with Gasteiger partial charge in [0.1, 0.15) is 0 Å². The van der Waals surface area contributed by atoms with Crippen molar-refractivity contribution in [1.82, 2.24) is 20.4 Å². The van der Waals surface area contributed by atoms with E-state index in [1.165, 1.54) is 19.3 Å². The van der Waals surface area contributed by atoms with Gasteiger partial charge in [0, 0.05) is 38.0 Å². The molecule has 2 amide bonds. The number of nitrogens with one attached hydrogen (secondary N) is 2. The molecule has 1 aromatic rings. The van der Waals surface area contributed by atoms with Gasteiger partial charge in [-0.3, -0.25) is 4.68 Å². The Kier molecular flexibility index (Phi) is 6.89. The predicted molar refractivity (Wildman–Crippen MR) is 90.0 cm³/mol. The predicted octanol–water partition coefficient (Wildman–Crippen LogP) is 2.11. The molecule has 1 fully saturated rings. The molecule has 1 aromatic heterocycles. The van der Waals surface area contributed by atoms with Crippen molar-refractivity contribution >= 4 is 6.03 Å². The summed E-state index contributed by atoms with van der Waals surface area (Å²) in [6, 6.07) is -0.0835. The third-order valence-corrected chi connectivity index (χ3v) is 4.74. The summed E-state index contributed by atoms with van der Waals surface area (Å²) in [6.45, 7) is 2.66. The van der Waals surface area contributed by atoms with E-state index in [1.807, 2.05) is 13.2 Å². The van der Waals surface area contributed by atoms with Crippen molar-refractivity contribution < 1.29 is 9.90 Å². The lowest BCUT2D eigenvalue weighted by Gasteiger charge is -2.30. The second-order valence-corrected chi connectivity index (χ2v) is 6.47. The van der Waals surface area contributed by atoms with Crippen molar-refractivity contribution in [1.29, 1.82) is 0 Å². The van der Waals surface area contributed by atoms with Crippen molar-refractivity contribution in [3.8, 4) is 0 Å². The second kappa shape index (κ2) is 8.91. The quantitative estimate of drug-likeness (QED) is 0.719. The van der Waals surface area contributed by atoms with Crippen LogP contribution in [-0.2, 0) is 20.0 Å². The summed E-state index contributed by atoms with van der Waals surface area (Å²) in [4.78, 5) is 12.2. The highest BCUT2D eigenvalue weighted by molar-refractivity contribution is 5.74. The molecule has 0 bridgehead atoms. The number of amides is 2. The number of aryl methyl sites for hydroxylation is 2. The molecule has 1 unspecified atom stereocenters. The summed E-state index contributed by atoms with van der Waals surface area (Å²) >= 11 is 0. The Bertz CT molecular complexity index is 495. The van der Waals surface area contributed by atoms with E-state index in [1.54, 1.807) is 4.68 Å². The van der Waals surface area contributed by atoms with E-state index >= 15 is 0 Å². The van der Waals surface area contributed by atoms with Crippen LogP contribution in [0.5, 0.6) is 0 Å². The molecule has 6 nitrogen and oxygen atoms in total. The van der Waals surface area contributed by atoms with Gasteiger partial charge in [-0.05, 0) is 31.6 Å². The van der Waals surface area contributed by atoms with Gasteiger partial charge in [0.05, 0.1) is 5.69 Å². The molecular weight excluding hydrogens is 292 g/mol. The molecule has 2 rings (SSSR count). The third kappa shape index (κ3) is 5.23. The highest BCUT2D eigenvalue weighted by Gasteiger charge is 2.24. The highest BCUT2D eigenvalue weighted by atomic mass is 16.3. The molecule has 1 heterocycles. The zero-order valence-corrected chi connectivity index (χ0v) is 14.3. The van der Waals surface area contributed by atoms with E-state index in [0.29, 0.717) is 18.9 Å². The number of rotatable bonds is 7. The number of aliphatic hydroxyl groups is 1. The summed E-state index contributed by atoms with van der Waals surface area (Å²) in [7, 11) is 1.89. The van der Waals surface area contributed by atoms with Crippen molar-refractivity contribution in [2.24, 2.45) is 13.0 Å². The molecule has 23 heavy (non-hydrogen) atoms. The molecule has 1 saturated carbocycles. The molecule has 0 saturated heterocycles. The number of carbonyl (C=O) groups is 1. The monoisotopic (exact) mass is 322 g/mol. The minimum Gasteiger partial charge on any atom is -0.396 e. The SMILES string of the molecule is CCc1nn(C)cc1CNC(=O)NC(CCO)C1CCCCC1. The largest absolute Gasteiger partial charge is 0.396 e. The van der Waals surface area contributed by atoms with Crippen LogP contribution in [-0.4, -0.2) is 33.6 Å². The maximum atomic E-state index is 12.2. The van der Waals surface area contributed by atoms with E-state index in [0.717, 1.165) is 30.5 Å². The first-order valence-corrected chi connectivity index (χ1v) is 8.80. The van der Waals surface area contributed by atoms with E-state index in [-0.39, 0.29) is 18.7 Å². The molecule has 1 aliphatic carbocycles. The smallest absolute Gasteiger partial charge is 0.315 e. The van der Waals surface area contributed by atoms with Crippen LogP contribution in [0.1, 0.15) is 56.7 Å². The van der Waals surface area contributed by atoms with Crippen molar-refractivity contribution in [2.45, 2.75) is 64.5 Å². The fraction of sp³-hybridized carbons (Fsp3) is 0.765. The van der Waals surface area contributed by atoms with Crippen LogP contribution in [0.4, 0.5) is 4.79 Å². The molecule has 1 atom stereocenters. The number of carbonyl (C=O) groups excluding carboxylic acids is 1. The van der Waals surface area contributed by atoms with Crippen LogP contribution in [0.15, 0.2) is 6.20 Å². The number of aliphatic hydroxyl groups excluding tert-OH is 1. The van der Waals surface area contributed by atoms with Gasteiger partial charge < -0.3 is 15.7 Å². The normalized spacial score (nSPS) is 17.0. The van der Waals surface area contributed by atoms with Crippen LogP contribution >= 0.6 is 0 Å². The van der Waals surface area contributed by atoms with Gasteiger partial charge in [-0.2, -0.15) is 5.10 Å². The molecule has 3 N–H and O–H groups in total. The Hall–Kier alpha value is -1.56. The second-order valence-electron chi connectivity index (χ2n) is 6.47. The minimum atomic E-state index is -0.153. The lowest BCUT2D eigenvalue weighted by atomic mass is 9.83. The first-order chi connectivity index (χ1) is 11.1. The van der Waals surface area contributed by atoms with Gasteiger partial charge in [-0.15, -0.1) is 0 Å². The lowest BCUT2D eigenvalue weighted by molar-refractivity contribution is 0.196. The zero-order chi connectivity index (χ0) is 16.7. The van der Waals surface area contributed by atoms with Crippen LogP contribution in [0.3, 0.4) is 0 Å². The van der Waals surface area contributed by atoms with Gasteiger partial charge in [-0.1, -0.05) is 26.2 Å². The Balaban J connectivity index is 1.85. The number of aromatic nitrogens is 2. The van der Waals surface area contributed by atoms with Gasteiger partial charge in [0.15, 0.2) is 0 Å². The van der Waals surface area contributed by atoms with Crippen LogP contribution < -0.4 is 10.6 Å². The first kappa shape index (κ1) is 17.8. The molecular formula is C17H30N4O2. The average Bonchev–Trinajstić information content (AvgIpc) is 2.93. The topological polar surface area (TPSA) is 79.2 Å². The number of nitrogens with zero attached hydrogens (tertiary/aromatic N) is 2. The summed E-state index contributed by atoms with van der Waals surface area (Å²) in [5.74, 6) is 0.492. The molecule has 1 aliphatic rings. The molecule has 0 spiro atoms. The Labute approximate surface area is 138 Å². The molecule has 0 radical (unpaired) electrons. The van der Waals surface area contributed by atoms with E-state index in [9.17, 15) is 9.90 Å². The van der Waals surface area contributed by atoms with Gasteiger partial charge in [-0.25, -0.2) is 4.79 Å². The summed E-state index contributed by atoms with van der Waals surface area (Å²) < 4.78 is 1.78. The highest BCUT2D eigenvalue weighted by Crippen LogP contribution is 2.27. The number of urea groups is 1. The first-order valence-electron chi connectivity index (χ1n) is 8.80. The van der Waals surface area contributed by atoms with Crippen molar-refractivity contribution in [2.75, 3.05) is 6.61 Å². The standard InChI is InChI=1S/C17H30N4O2/c1-3-15-14(12-21(2)20-15)11-18-17(23)19-16(9-10-22)13-7-5-4-6-8-13/h12-13,16,22H,3-11H2,1-2H3,(H2,18,19,23). The Morgan fingerprint density at radius 1 is 1.43 bits per heavy atom. The van der Waals surface area contributed by atoms with E-state index in [2.05, 4.69) is 22.7 Å². The molecule has 130 valence electrons. The maximum Gasteiger partial charge on any atom is 0.315 e. The fourth-order valence-electron chi connectivity index (χ4n) is 3.53. The minimum absolute atomic E-state index is 0.0693. The van der Waals surface area contributed by atoms with Crippen LogP contribution in [0.25, 0.3) is 0 Å². The van der Waals surface area contributed by atoms with Gasteiger partial charge >= 0.3 is 6.03 Å². The fourth-order valence-corrected chi connectivity index (χ4v) is 3.53. The lowest BCUT2D eigenvalue weighted by Crippen LogP contribution is -2.46. The van der Waals surface area contributed by atoms with Crippen molar-refractivity contribution in [3.63, 3.8) is 0 Å². The van der Waals surface area contributed by atoms with Gasteiger partial charge in [0.25, 0.3) is 0 Å². The zero-order valence-electron chi connectivity index (χ0n) is 14.3. The molecule has 6 heteroatoms. The number of hydrogen-bond acceptors (Lipinski definition) is 3. The molecule has 0 aliphatic heterocycles. The Morgan fingerprint density at radius 3 is 2.83 bits per heavy atom. The van der Waals surface area contributed by atoms with E-state index in [4.69, 9.17) is 0 Å². The maximum absolute atomic E-state index is 12.2.